The van der Waals surface area contributed by atoms with Gasteiger partial charge in [-0.15, -0.1) is 0 Å². The number of carbonyl (C=O) groups excluding carboxylic acids is 1. The molecule has 2 aliphatic rings. The van der Waals surface area contributed by atoms with Crippen molar-refractivity contribution >= 4 is 6.03 Å². The normalized spacial score (nSPS) is 24.9. The van der Waals surface area contributed by atoms with Crippen LogP contribution in [0.1, 0.15) is 36.1 Å². The standard InChI is InChI=1S/C20H22N2O3/c23-20(22-17-13-25-18-9-5-4-8-16(17)18)21-15-10-11-24-19(12-15)14-6-2-1-3-7-14/h1-9,15,17,19H,10-13H2,(H2,21,22,23)/t15-,17-,19+/m1/s1. The summed E-state index contributed by atoms with van der Waals surface area (Å²) in [5, 5.41) is 6.11. The van der Waals surface area contributed by atoms with Crippen LogP contribution >= 0.6 is 0 Å². The Morgan fingerprint density at radius 3 is 2.68 bits per heavy atom. The number of fused-ring (bicyclic) bond motifs is 1. The summed E-state index contributed by atoms with van der Waals surface area (Å²) >= 11 is 0. The zero-order chi connectivity index (χ0) is 17.1. The van der Waals surface area contributed by atoms with Gasteiger partial charge in [0.05, 0.1) is 12.1 Å². The maximum atomic E-state index is 12.4. The third kappa shape index (κ3) is 3.61. The molecule has 0 aliphatic carbocycles. The SMILES string of the molecule is O=C(N[C@@H]1CCO[C@H](c2ccccc2)C1)N[C@@H]1COc2ccccc21. The van der Waals surface area contributed by atoms with Crippen molar-refractivity contribution in [1.82, 2.24) is 10.6 Å². The minimum Gasteiger partial charge on any atom is -0.491 e. The molecule has 1 fully saturated rings. The van der Waals surface area contributed by atoms with E-state index in [1.807, 2.05) is 42.5 Å². The van der Waals surface area contributed by atoms with E-state index in [9.17, 15) is 4.79 Å². The van der Waals surface area contributed by atoms with E-state index in [-0.39, 0.29) is 24.2 Å². The maximum absolute atomic E-state index is 12.4. The molecule has 4 rings (SSSR count). The number of para-hydroxylation sites is 1. The highest BCUT2D eigenvalue weighted by Crippen LogP contribution is 2.32. The Hall–Kier alpha value is -2.53. The number of nitrogens with one attached hydrogen (secondary N) is 2. The van der Waals surface area contributed by atoms with Gasteiger partial charge in [0, 0.05) is 18.2 Å². The van der Waals surface area contributed by atoms with E-state index in [0.29, 0.717) is 13.2 Å². The molecule has 0 aromatic heterocycles. The average molecular weight is 338 g/mol. The lowest BCUT2D eigenvalue weighted by Crippen LogP contribution is -2.46. The van der Waals surface area contributed by atoms with Crippen LogP contribution in [0.25, 0.3) is 0 Å². The molecule has 5 nitrogen and oxygen atoms in total. The van der Waals surface area contributed by atoms with Gasteiger partial charge in [-0.25, -0.2) is 4.79 Å². The largest absolute Gasteiger partial charge is 0.491 e. The van der Waals surface area contributed by atoms with Crippen LogP contribution in [-0.4, -0.2) is 25.3 Å². The summed E-state index contributed by atoms with van der Waals surface area (Å²) in [5.74, 6) is 0.850. The number of benzene rings is 2. The molecule has 2 amide bonds. The zero-order valence-corrected chi connectivity index (χ0v) is 14.0. The van der Waals surface area contributed by atoms with Crippen LogP contribution in [0.3, 0.4) is 0 Å². The van der Waals surface area contributed by atoms with Gasteiger partial charge in [-0.1, -0.05) is 48.5 Å². The van der Waals surface area contributed by atoms with Crippen LogP contribution < -0.4 is 15.4 Å². The number of carbonyl (C=O) groups is 1. The summed E-state index contributed by atoms with van der Waals surface area (Å²) in [6.45, 7) is 1.13. The molecule has 2 N–H and O–H groups in total. The summed E-state index contributed by atoms with van der Waals surface area (Å²) in [5.41, 5.74) is 2.19. The minimum atomic E-state index is -0.149. The first-order valence-electron chi connectivity index (χ1n) is 8.75. The van der Waals surface area contributed by atoms with E-state index in [0.717, 1.165) is 29.7 Å². The highest BCUT2D eigenvalue weighted by molar-refractivity contribution is 5.75. The first kappa shape index (κ1) is 16.0. The van der Waals surface area contributed by atoms with Crippen molar-refractivity contribution in [3.05, 3.63) is 65.7 Å². The molecule has 3 atom stereocenters. The van der Waals surface area contributed by atoms with Crippen molar-refractivity contribution in [1.29, 1.82) is 0 Å². The molecular weight excluding hydrogens is 316 g/mol. The Balaban J connectivity index is 1.34. The predicted octanol–water partition coefficient (Wildman–Crippen LogP) is 3.34. The Labute approximate surface area is 147 Å². The molecule has 5 heteroatoms. The average Bonchev–Trinajstić information content (AvgIpc) is 3.06. The molecule has 25 heavy (non-hydrogen) atoms. The van der Waals surface area contributed by atoms with Crippen molar-refractivity contribution < 1.29 is 14.3 Å². The van der Waals surface area contributed by atoms with Crippen LogP contribution in [0.15, 0.2) is 54.6 Å². The third-order valence-corrected chi connectivity index (χ3v) is 4.80. The van der Waals surface area contributed by atoms with E-state index in [1.54, 1.807) is 0 Å². The fourth-order valence-electron chi connectivity index (χ4n) is 3.50. The van der Waals surface area contributed by atoms with Gasteiger partial charge in [-0.05, 0) is 24.5 Å². The molecule has 0 unspecified atom stereocenters. The summed E-state index contributed by atoms with van der Waals surface area (Å²) in [6, 6.07) is 17.8. The van der Waals surface area contributed by atoms with Crippen molar-refractivity contribution in [2.45, 2.75) is 31.0 Å². The first-order chi connectivity index (χ1) is 12.3. The van der Waals surface area contributed by atoms with Crippen molar-refractivity contribution in [2.75, 3.05) is 13.2 Å². The molecule has 0 radical (unpaired) electrons. The fourth-order valence-corrected chi connectivity index (χ4v) is 3.50. The fraction of sp³-hybridized carbons (Fsp3) is 0.350. The number of ether oxygens (including phenoxy) is 2. The molecular formula is C20H22N2O3. The van der Waals surface area contributed by atoms with Gasteiger partial charge in [0.2, 0.25) is 0 Å². The van der Waals surface area contributed by atoms with E-state index < -0.39 is 0 Å². The van der Waals surface area contributed by atoms with Crippen LogP contribution in [0.5, 0.6) is 5.75 Å². The smallest absolute Gasteiger partial charge is 0.315 e. The Kier molecular flexibility index (Phi) is 4.57. The quantitative estimate of drug-likeness (QED) is 0.902. The van der Waals surface area contributed by atoms with E-state index in [4.69, 9.17) is 9.47 Å². The van der Waals surface area contributed by atoms with Gasteiger partial charge < -0.3 is 20.1 Å². The van der Waals surface area contributed by atoms with Crippen molar-refractivity contribution in [3.8, 4) is 5.75 Å². The number of amides is 2. The summed E-state index contributed by atoms with van der Waals surface area (Å²) in [6.07, 6.45) is 1.65. The number of rotatable bonds is 3. The lowest BCUT2D eigenvalue weighted by molar-refractivity contribution is 0.00220. The molecule has 0 spiro atoms. The van der Waals surface area contributed by atoms with E-state index in [2.05, 4.69) is 22.8 Å². The van der Waals surface area contributed by atoms with Crippen molar-refractivity contribution in [2.24, 2.45) is 0 Å². The van der Waals surface area contributed by atoms with Gasteiger partial charge in [0.15, 0.2) is 0 Å². The van der Waals surface area contributed by atoms with Gasteiger partial charge in [-0.3, -0.25) is 0 Å². The number of hydrogen-bond donors (Lipinski definition) is 2. The highest BCUT2D eigenvalue weighted by atomic mass is 16.5. The molecule has 130 valence electrons. The second-order valence-corrected chi connectivity index (χ2v) is 6.51. The van der Waals surface area contributed by atoms with Gasteiger partial charge in [0.25, 0.3) is 0 Å². The van der Waals surface area contributed by atoms with Crippen LogP contribution in [0, 0.1) is 0 Å². The number of hydrogen-bond acceptors (Lipinski definition) is 3. The van der Waals surface area contributed by atoms with Crippen LogP contribution in [0.4, 0.5) is 4.79 Å². The monoisotopic (exact) mass is 338 g/mol. The molecule has 2 aromatic rings. The summed E-state index contributed by atoms with van der Waals surface area (Å²) < 4.78 is 11.5. The second kappa shape index (κ2) is 7.15. The molecule has 0 saturated carbocycles. The third-order valence-electron chi connectivity index (χ3n) is 4.80. The van der Waals surface area contributed by atoms with Gasteiger partial charge in [0.1, 0.15) is 12.4 Å². The van der Waals surface area contributed by atoms with Gasteiger partial charge >= 0.3 is 6.03 Å². The maximum Gasteiger partial charge on any atom is 0.315 e. The molecule has 2 aromatic carbocycles. The van der Waals surface area contributed by atoms with Crippen LogP contribution in [0.2, 0.25) is 0 Å². The van der Waals surface area contributed by atoms with Crippen molar-refractivity contribution in [3.63, 3.8) is 0 Å². The second-order valence-electron chi connectivity index (χ2n) is 6.51. The van der Waals surface area contributed by atoms with Gasteiger partial charge in [-0.2, -0.15) is 0 Å². The van der Waals surface area contributed by atoms with E-state index >= 15 is 0 Å². The zero-order valence-electron chi connectivity index (χ0n) is 14.0. The molecule has 2 aliphatic heterocycles. The Morgan fingerprint density at radius 1 is 1.00 bits per heavy atom. The van der Waals surface area contributed by atoms with E-state index in [1.165, 1.54) is 0 Å². The lowest BCUT2D eigenvalue weighted by atomic mass is 9.97. The van der Waals surface area contributed by atoms with Crippen LogP contribution in [-0.2, 0) is 4.74 Å². The highest BCUT2D eigenvalue weighted by Gasteiger charge is 2.28. The number of urea groups is 1. The molecule has 1 saturated heterocycles. The topological polar surface area (TPSA) is 59.6 Å². The first-order valence-corrected chi connectivity index (χ1v) is 8.75. The molecule has 2 heterocycles. The Morgan fingerprint density at radius 2 is 1.80 bits per heavy atom. The predicted molar refractivity (Wildman–Crippen MR) is 94.5 cm³/mol. The summed E-state index contributed by atoms with van der Waals surface area (Å²) in [7, 11) is 0. The molecule has 0 bridgehead atoms. The minimum absolute atomic E-state index is 0.0378. The lowest BCUT2D eigenvalue weighted by Gasteiger charge is -2.30. The Bertz CT molecular complexity index is 735. The summed E-state index contributed by atoms with van der Waals surface area (Å²) in [4.78, 5) is 12.4.